The third-order valence-electron chi connectivity index (χ3n) is 3.09. The Morgan fingerprint density at radius 1 is 1.17 bits per heavy atom. The summed E-state index contributed by atoms with van der Waals surface area (Å²) in [6, 6.07) is 6.33. The van der Waals surface area contributed by atoms with Gasteiger partial charge in [-0.15, -0.1) is 0 Å². The quantitative estimate of drug-likeness (QED) is 0.470. The lowest BCUT2D eigenvalue weighted by molar-refractivity contribution is -0.139. The topological polar surface area (TPSA) is 117 Å². The van der Waals surface area contributed by atoms with Crippen LogP contribution in [-0.2, 0) is 20.8 Å². The highest BCUT2D eigenvalue weighted by molar-refractivity contribution is 5.87. The van der Waals surface area contributed by atoms with Crippen LogP contribution < -0.4 is 20.7 Å². The van der Waals surface area contributed by atoms with E-state index in [9.17, 15) is 14.4 Å². The zero-order valence-corrected chi connectivity index (χ0v) is 13.1. The summed E-state index contributed by atoms with van der Waals surface area (Å²) in [7, 11) is 3.16. The van der Waals surface area contributed by atoms with Crippen LogP contribution >= 0.6 is 0 Å². The van der Waals surface area contributed by atoms with Gasteiger partial charge < -0.3 is 25.8 Å². The van der Waals surface area contributed by atoms with Crippen molar-refractivity contribution in [2.24, 2.45) is 0 Å². The number of nitrogens with one attached hydrogen (secondary N) is 3. The molecule has 0 saturated carbocycles. The standard InChI is InChI=1S/C15H21N3O5/c1-16-12(15(22)18-8-13(19)17-2)7-10-3-5-11(6-4-10)23-9-14(20)21/h3-6,12,16H,7-9H2,1-2H3,(H,17,19)(H,18,22)(H,20,21)/t12-/m0/s1. The van der Waals surface area contributed by atoms with E-state index in [4.69, 9.17) is 9.84 Å². The molecule has 1 atom stereocenters. The van der Waals surface area contributed by atoms with Crippen molar-refractivity contribution in [2.75, 3.05) is 27.2 Å². The van der Waals surface area contributed by atoms with Crippen molar-refractivity contribution < 1.29 is 24.2 Å². The largest absolute Gasteiger partial charge is 0.482 e. The van der Waals surface area contributed by atoms with Crippen LogP contribution in [0.3, 0.4) is 0 Å². The first kappa shape index (κ1) is 18.4. The highest BCUT2D eigenvalue weighted by atomic mass is 16.5. The summed E-state index contributed by atoms with van der Waals surface area (Å²) in [6.45, 7) is -0.476. The number of ether oxygens (including phenoxy) is 1. The van der Waals surface area contributed by atoms with E-state index in [1.54, 1.807) is 31.3 Å². The lowest BCUT2D eigenvalue weighted by Gasteiger charge is -2.16. The highest BCUT2D eigenvalue weighted by Gasteiger charge is 2.17. The molecule has 8 heteroatoms. The molecule has 0 heterocycles. The number of carboxylic acid groups (broad SMARTS) is 1. The summed E-state index contributed by atoms with van der Waals surface area (Å²) in [6.07, 6.45) is 0.426. The van der Waals surface area contributed by atoms with Gasteiger partial charge in [0.15, 0.2) is 6.61 Å². The molecule has 1 rings (SSSR count). The van der Waals surface area contributed by atoms with Gasteiger partial charge in [-0.05, 0) is 31.2 Å². The summed E-state index contributed by atoms with van der Waals surface area (Å²) in [5.41, 5.74) is 0.877. The number of carbonyl (C=O) groups excluding carboxylic acids is 2. The van der Waals surface area contributed by atoms with E-state index in [-0.39, 0.29) is 18.4 Å². The van der Waals surface area contributed by atoms with Crippen LogP contribution in [0.1, 0.15) is 5.56 Å². The third-order valence-corrected chi connectivity index (χ3v) is 3.09. The van der Waals surface area contributed by atoms with Crippen molar-refractivity contribution in [2.45, 2.75) is 12.5 Å². The number of carbonyl (C=O) groups is 3. The molecule has 0 saturated heterocycles. The van der Waals surface area contributed by atoms with Gasteiger partial charge in [0.05, 0.1) is 12.6 Å². The van der Waals surface area contributed by atoms with Crippen LogP contribution in [0, 0.1) is 0 Å². The van der Waals surface area contributed by atoms with Crippen LogP contribution in [0.25, 0.3) is 0 Å². The first-order valence-corrected chi connectivity index (χ1v) is 7.05. The first-order valence-electron chi connectivity index (χ1n) is 7.05. The average molecular weight is 323 g/mol. The van der Waals surface area contributed by atoms with Crippen LogP contribution in [0.5, 0.6) is 5.75 Å². The Balaban J connectivity index is 2.56. The molecule has 1 aromatic rings. The van der Waals surface area contributed by atoms with Gasteiger partial charge >= 0.3 is 5.97 Å². The summed E-state index contributed by atoms with van der Waals surface area (Å²) < 4.78 is 5.04. The van der Waals surface area contributed by atoms with Gasteiger partial charge in [0.1, 0.15) is 5.75 Å². The maximum absolute atomic E-state index is 12.0. The molecule has 0 aromatic heterocycles. The molecule has 0 spiro atoms. The molecular formula is C15H21N3O5. The van der Waals surface area contributed by atoms with Crippen molar-refractivity contribution in [3.05, 3.63) is 29.8 Å². The smallest absolute Gasteiger partial charge is 0.341 e. The predicted molar refractivity (Wildman–Crippen MR) is 83.2 cm³/mol. The van der Waals surface area contributed by atoms with Crippen molar-refractivity contribution >= 4 is 17.8 Å². The number of benzene rings is 1. The molecule has 1 aromatic carbocycles. The van der Waals surface area contributed by atoms with Crippen LogP contribution in [0.2, 0.25) is 0 Å². The molecule has 0 aliphatic heterocycles. The first-order chi connectivity index (χ1) is 11.0. The number of hydrogen-bond acceptors (Lipinski definition) is 5. The molecule has 0 radical (unpaired) electrons. The lowest BCUT2D eigenvalue weighted by atomic mass is 10.1. The zero-order chi connectivity index (χ0) is 17.2. The highest BCUT2D eigenvalue weighted by Crippen LogP contribution is 2.13. The maximum atomic E-state index is 12.0. The van der Waals surface area contributed by atoms with Gasteiger partial charge in [0.25, 0.3) is 0 Å². The lowest BCUT2D eigenvalue weighted by Crippen LogP contribution is -2.46. The minimum Gasteiger partial charge on any atom is -0.482 e. The molecular weight excluding hydrogens is 302 g/mol. The number of rotatable bonds is 9. The minimum absolute atomic E-state index is 0.0739. The molecule has 0 unspecified atom stereocenters. The van der Waals surface area contributed by atoms with E-state index >= 15 is 0 Å². The fourth-order valence-electron chi connectivity index (χ4n) is 1.81. The Morgan fingerprint density at radius 2 is 1.83 bits per heavy atom. The van der Waals surface area contributed by atoms with E-state index < -0.39 is 18.6 Å². The fraction of sp³-hybridized carbons (Fsp3) is 0.400. The summed E-state index contributed by atoms with van der Waals surface area (Å²) in [5, 5.41) is 16.4. The molecule has 0 aliphatic carbocycles. The molecule has 23 heavy (non-hydrogen) atoms. The van der Waals surface area contributed by atoms with Crippen molar-refractivity contribution in [3.63, 3.8) is 0 Å². The zero-order valence-electron chi connectivity index (χ0n) is 13.1. The van der Waals surface area contributed by atoms with Crippen LogP contribution in [-0.4, -0.2) is 56.2 Å². The molecule has 4 N–H and O–H groups in total. The van der Waals surface area contributed by atoms with Crippen LogP contribution in [0.4, 0.5) is 0 Å². The Kier molecular flexibility index (Phi) is 7.55. The minimum atomic E-state index is -1.04. The molecule has 0 fully saturated rings. The van der Waals surface area contributed by atoms with E-state index in [1.165, 1.54) is 7.05 Å². The van der Waals surface area contributed by atoms with Gasteiger partial charge in [0, 0.05) is 7.05 Å². The number of carboxylic acids is 1. The summed E-state index contributed by atoms with van der Waals surface area (Å²) in [5.74, 6) is -1.14. The Hall–Kier alpha value is -2.61. The van der Waals surface area contributed by atoms with Crippen molar-refractivity contribution in [3.8, 4) is 5.75 Å². The van der Waals surface area contributed by atoms with Gasteiger partial charge in [0.2, 0.25) is 11.8 Å². The molecule has 0 bridgehead atoms. The van der Waals surface area contributed by atoms with Crippen LogP contribution in [0.15, 0.2) is 24.3 Å². The SMILES string of the molecule is CNC(=O)CNC(=O)[C@H](Cc1ccc(OCC(=O)O)cc1)NC. The van der Waals surface area contributed by atoms with Gasteiger partial charge in [-0.25, -0.2) is 4.79 Å². The fourth-order valence-corrected chi connectivity index (χ4v) is 1.81. The third kappa shape index (κ3) is 6.79. The Bertz CT molecular complexity index is 545. The van der Waals surface area contributed by atoms with Gasteiger partial charge in [-0.3, -0.25) is 9.59 Å². The molecule has 2 amide bonds. The van der Waals surface area contributed by atoms with Crippen molar-refractivity contribution in [1.82, 2.24) is 16.0 Å². The number of aliphatic carboxylic acids is 1. The normalized spacial score (nSPS) is 11.4. The van der Waals surface area contributed by atoms with E-state index in [1.807, 2.05) is 0 Å². The van der Waals surface area contributed by atoms with E-state index in [0.717, 1.165) is 5.56 Å². The number of amides is 2. The maximum Gasteiger partial charge on any atom is 0.341 e. The molecule has 8 nitrogen and oxygen atoms in total. The summed E-state index contributed by atoms with van der Waals surface area (Å²) in [4.78, 5) is 33.6. The second-order valence-corrected chi connectivity index (χ2v) is 4.76. The van der Waals surface area contributed by atoms with E-state index in [0.29, 0.717) is 12.2 Å². The van der Waals surface area contributed by atoms with Gasteiger partial charge in [-0.1, -0.05) is 12.1 Å². The number of likely N-dealkylation sites (N-methyl/N-ethyl adjacent to an activating group) is 2. The molecule has 126 valence electrons. The second-order valence-electron chi connectivity index (χ2n) is 4.76. The summed E-state index contributed by atoms with van der Waals surface area (Å²) >= 11 is 0. The average Bonchev–Trinajstić information content (AvgIpc) is 2.56. The van der Waals surface area contributed by atoms with Gasteiger partial charge in [-0.2, -0.15) is 0 Å². The monoisotopic (exact) mass is 323 g/mol. The number of hydrogen-bond donors (Lipinski definition) is 4. The van der Waals surface area contributed by atoms with E-state index in [2.05, 4.69) is 16.0 Å². The Morgan fingerprint density at radius 3 is 2.35 bits per heavy atom. The Labute approximate surface area is 134 Å². The van der Waals surface area contributed by atoms with Crippen molar-refractivity contribution in [1.29, 1.82) is 0 Å². The molecule has 0 aliphatic rings. The second kappa shape index (κ2) is 9.42. The predicted octanol–water partition coefficient (Wildman–Crippen LogP) is -0.857.